The van der Waals surface area contributed by atoms with Crippen LogP contribution in [0.25, 0.3) is 0 Å². The van der Waals surface area contributed by atoms with Gasteiger partial charge in [0.1, 0.15) is 0 Å². The van der Waals surface area contributed by atoms with Gasteiger partial charge in [-0.2, -0.15) is 0 Å². The molecule has 0 spiro atoms. The first-order valence-corrected chi connectivity index (χ1v) is 5.88. The zero-order chi connectivity index (χ0) is 12.9. The first kappa shape index (κ1) is 13.9. The number of nitrogens with one attached hydrogen (secondary N) is 1. The lowest BCUT2D eigenvalue weighted by atomic mass is 10.1. The van der Waals surface area contributed by atoms with Crippen LogP contribution in [0.2, 0.25) is 0 Å². The van der Waals surface area contributed by atoms with Gasteiger partial charge in [0.15, 0.2) is 5.60 Å². The van der Waals surface area contributed by atoms with Gasteiger partial charge in [0.2, 0.25) is 5.91 Å². The van der Waals surface area contributed by atoms with Crippen molar-refractivity contribution in [2.75, 3.05) is 26.2 Å². The number of aliphatic carboxylic acids is 1. The molecule has 0 aliphatic carbocycles. The van der Waals surface area contributed by atoms with E-state index in [1.165, 1.54) is 6.92 Å². The average Bonchev–Trinajstić information content (AvgIpc) is 2.77. The molecule has 0 aromatic heterocycles. The Hall–Kier alpha value is -1.14. The number of hydrogen-bond acceptors (Lipinski definition) is 4. The second kappa shape index (κ2) is 5.97. The Morgan fingerprint density at radius 1 is 1.35 bits per heavy atom. The Labute approximate surface area is 101 Å². The zero-order valence-electron chi connectivity index (χ0n) is 10.1. The summed E-state index contributed by atoms with van der Waals surface area (Å²) in [5.41, 5.74) is -1.78. The highest BCUT2D eigenvalue weighted by atomic mass is 16.4. The SMILES string of the molecule is CC(O)(CNCCC(=O)N1CCCC1)C(=O)O. The van der Waals surface area contributed by atoms with Crippen LogP contribution >= 0.6 is 0 Å². The van der Waals surface area contributed by atoms with Crippen LogP contribution in [-0.4, -0.2) is 58.8 Å². The highest BCUT2D eigenvalue weighted by Crippen LogP contribution is 2.08. The van der Waals surface area contributed by atoms with Crippen LogP contribution in [0, 0.1) is 0 Å². The maximum Gasteiger partial charge on any atom is 0.336 e. The molecule has 0 saturated carbocycles. The Balaban J connectivity index is 2.15. The summed E-state index contributed by atoms with van der Waals surface area (Å²) in [5.74, 6) is -1.18. The Morgan fingerprint density at radius 2 is 1.94 bits per heavy atom. The molecule has 3 N–H and O–H groups in total. The van der Waals surface area contributed by atoms with Gasteiger partial charge in [0.25, 0.3) is 0 Å². The molecule has 6 heteroatoms. The van der Waals surface area contributed by atoms with Gasteiger partial charge in [-0.1, -0.05) is 0 Å². The topological polar surface area (TPSA) is 89.9 Å². The van der Waals surface area contributed by atoms with Crippen molar-refractivity contribution < 1.29 is 19.8 Å². The van der Waals surface area contributed by atoms with Crippen molar-refractivity contribution in [2.24, 2.45) is 0 Å². The highest BCUT2D eigenvalue weighted by Gasteiger charge is 2.29. The summed E-state index contributed by atoms with van der Waals surface area (Å²) in [7, 11) is 0. The number of aliphatic hydroxyl groups is 1. The predicted octanol–water partition coefficient (Wildman–Crippen LogP) is -0.576. The fourth-order valence-electron chi connectivity index (χ4n) is 1.73. The minimum Gasteiger partial charge on any atom is -0.479 e. The van der Waals surface area contributed by atoms with Crippen molar-refractivity contribution in [3.63, 3.8) is 0 Å². The van der Waals surface area contributed by atoms with Gasteiger partial charge in [0, 0.05) is 32.6 Å². The lowest BCUT2D eigenvalue weighted by Crippen LogP contribution is -2.45. The molecule has 1 unspecified atom stereocenters. The summed E-state index contributed by atoms with van der Waals surface area (Å²) in [5, 5.41) is 20.9. The smallest absolute Gasteiger partial charge is 0.336 e. The molecule has 1 aliphatic heterocycles. The number of carbonyl (C=O) groups is 2. The molecule has 17 heavy (non-hydrogen) atoms. The summed E-state index contributed by atoms with van der Waals surface area (Å²) in [6.45, 7) is 3.20. The van der Waals surface area contributed by atoms with E-state index in [2.05, 4.69) is 5.32 Å². The van der Waals surface area contributed by atoms with Gasteiger partial charge in [-0.05, 0) is 19.8 Å². The summed E-state index contributed by atoms with van der Waals surface area (Å²) >= 11 is 0. The van der Waals surface area contributed by atoms with Crippen LogP contribution in [0.15, 0.2) is 0 Å². The third-order valence-electron chi connectivity index (χ3n) is 2.90. The lowest BCUT2D eigenvalue weighted by molar-refractivity contribution is -0.156. The fourth-order valence-corrected chi connectivity index (χ4v) is 1.73. The van der Waals surface area contributed by atoms with Crippen LogP contribution in [-0.2, 0) is 9.59 Å². The van der Waals surface area contributed by atoms with E-state index in [1.807, 2.05) is 4.90 Å². The molecular weight excluding hydrogens is 224 g/mol. The first-order valence-electron chi connectivity index (χ1n) is 5.88. The van der Waals surface area contributed by atoms with Crippen LogP contribution in [0.3, 0.4) is 0 Å². The maximum absolute atomic E-state index is 11.6. The van der Waals surface area contributed by atoms with Gasteiger partial charge < -0.3 is 20.4 Å². The molecule has 0 aromatic rings. The molecule has 0 bridgehead atoms. The molecule has 1 aliphatic rings. The Morgan fingerprint density at radius 3 is 2.47 bits per heavy atom. The molecule has 1 heterocycles. The second-order valence-electron chi connectivity index (χ2n) is 4.59. The van der Waals surface area contributed by atoms with Crippen molar-refractivity contribution in [3.8, 4) is 0 Å². The number of likely N-dealkylation sites (tertiary alicyclic amines) is 1. The molecule has 1 saturated heterocycles. The normalized spacial score (nSPS) is 19.1. The van der Waals surface area contributed by atoms with E-state index in [-0.39, 0.29) is 12.5 Å². The average molecular weight is 244 g/mol. The molecule has 0 radical (unpaired) electrons. The van der Waals surface area contributed by atoms with Gasteiger partial charge in [-0.15, -0.1) is 0 Å². The first-order chi connectivity index (χ1) is 7.93. The Bertz CT molecular complexity index is 285. The number of carbonyl (C=O) groups excluding carboxylic acids is 1. The number of hydrogen-bond donors (Lipinski definition) is 3. The second-order valence-corrected chi connectivity index (χ2v) is 4.59. The fraction of sp³-hybridized carbons (Fsp3) is 0.818. The molecule has 1 atom stereocenters. The number of rotatable bonds is 6. The summed E-state index contributed by atoms with van der Waals surface area (Å²) in [4.78, 5) is 24.0. The number of nitrogens with zero attached hydrogens (tertiary/aromatic N) is 1. The van der Waals surface area contributed by atoms with E-state index in [9.17, 15) is 14.7 Å². The predicted molar refractivity (Wildman–Crippen MR) is 61.6 cm³/mol. The highest BCUT2D eigenvalue weighted by molar-refractivity contribution is 5.77. The molecule has 0 aromatic carbocycles. The Kier molecular flexibility index (Phi) is 4.89. The van der Waals surface area contributed by atoms with E-state index in [0.29, 0.717) is 13.0 Å². The molecular formula is C11H20N2O4. The van der Waals surface area contributed by atoms with Crippen molar-refractivity contribution >= 4 is 11.9 Å². The molecule has 1 amide bonds. The summed E-state index contributed by atoms with van der Waals surface area (Å²) in [6.07, 6.45) is 2.47. The summed E-state index contributed by atoms with van der Waals surface area (Å²) < 4.78 is 0. The maximum atomic E-state index is 11.6. The van der Waals surface area contributed by atoms with Crippen molar-refractivity contribution in [1.29, 1.82) is 0 Å². The van der Waals surface area contributed by atoms with E-state index in [4.69, 9.17) is 5.11 Å². The van der Waals surface area contributed by atoms with Gasteiger partial charge in [-0.25, -0.2) is 4.79 Å². The van der Waals surface area contributed by atoms with Crippen LogP contribution < -0.4 is 5.32 Å². The largest absolute Gasteiger partial charge is 0.479 e. The van der Waals surface area contributed by atoms with Crippen molar-refractivity contribution in [3.05, 3.63) is 0 Å². The molecule has 98 valence electrons. The third kappa shape index (κ3) is 4.32. The van der Waals surface area contributed by atoms with E-state index >= 15 is 0 Å². The zero-order valence-corrected chi connectivity index (χ0v) is 10.1. The van der Waals surface area contributed by atoms with Gasteiger partial charge >= 0.3 is 5.97 Å². The molecule has 6 nitrogen and oxygen atoms in total. The van der Waals surface area contributed by atoms with Crippen molar-refractivity contribution in [2.45, 2.75) is 31.8 Å². The summed E-state index contributed by atoms with van der Waals surface area (Å²) in [6, 6.07) is 0. The minimum atomic E-state index is -1.78. The lowest BCUT2D eigenvalue weighted by Gasteiger charge is -2.19. The van der Waals surface area contributed by atoms with Crippen LogP contribution in [0.4, 0.5) is 0 Å². The molecule has 1 fully saturated rings. The van der Waals surface area contributed by atoms with Gasteiger partial charge in [-0.3, -0.25) is 4.79 Å². The third-order valence-corrected chi connectivity index (χ3v) is 2.90. The monoisotopic (exact) mass is 244 g/mol. The van der Waals surface area contributed by atoms with Crippen LogP contribution in [0.5, 0.6) is 0 Å². The van der Waals surface area contributed by atoms with Crippen LogP contribution in [0.1, 0.15) is 26.2 Å². The molecule has 1 rings (SSSR count). The standard InChI is InChI=1S/C11H20N2O4/c1-11(17,10(15)16)8-12-5-4-9(14)13-6-2-3-7-13/h12,17H,2-8H2,1H3,(H,15,16). The van der Waals surface area contributed by atoms with E-state index < -0.39 is 11.6 Å². The van der Waals surface area contributed by atoms with E-state index in [1.54, 1.807) is 0 Å². The number of carboxylic acid groups (broad SMARTS) is 1. The van der Waals surface area contributed by atoms with Crippen molar-refractivity contribution in [1.82, 2.24) is 10.2 Å². The number of amides is 1. The number of carboxylic acids is 1. The minimum absolute atomic E-state index is 0.0599. The quantitative estimate of drug-likeness (QED) is 0.544. The van der Waals surface area contributed by atoms with E-state index in [0.717, 1.165) is 25.9 Å². The van der Waals surface area contributed by atoms with Gasteiger partial charge in [0.05, 0.1) is 0 Å².